The summed E-state index contributed by atoms with van der Waals surface area (Å²) in [6, 6.07) is 0. The van der Waals surface area contributed by atoms with Crippen molar-refractivity contribution in [1.82, 2.24) is 20.4 Å². The topological polar surface area (TPSA) is 44.0 Å². The van der Waals surface area contributed by atoms with E-state index in [9.17, 15) is 0 Å². The van der Waals surface area contributed by atoms with Crippen molar-refractivity contribution in [3.63, 3.8) is 0 Å². The molecule has 1 fully saturated rings. The van der Waals surface area contributed by atoms with Crippen LogP contribution < -0.4 is 5.32 Å². The van der Waals surface area contributed by atoms with E-state index in [0.717, 1.165) is 19.5 Å². The number of nitrogens with zero attached hydrogens (tertiary/aromatic N) is 2. The number of rotatable bonds is 4. The van der Waals surface area contributed by atoms with Gasteiger partial charge in [-0.3, -0.25) is 5.10 Å². The van der Waals surface area contributed by atoms with Crippen molar-refractivity contribution in [3.05, 3.63) is 18.0 Å². The van der Waals surface area contributed by atoms with Crippen molar-refractivity contribution in [1.29, 1.82) is 0 Å². The molecule has 0 amide bonds. The monoisotopic (exact) mass is 194 g/mol. The summed E-state index contributed by atoms with van der Waals surface area (Å²) in [4.78, 5) is 2.52. The van der Waals surface area contributed by atoms with Crippen LogP contribution in [0.25, 0.3) is 0 Å². The highest BCUT2D eigenvalue weighted by Crippen LogP contribution is 2.01. The van der Waals surface area contributed by atoms with Gasteiger partial charge in [-0.05, 0) is 24.9 Å². The molecule has 0 aliphatic carbocycles. The van der Waals surface area contributed by atoms with E-state index in [1.54, 1.807) is 0 Å². The van der Waals surface area contributed by atoms with Crippen molar-refractivity contribution < 1.29 is 0 Å². The SMILES string of the molecule is c1n[nH]cc1CCCN1CCNCC1. The zero-order chi connectivity index (χ0) is 9.64. The Morgan fingerprint density at radius 2 is 2.21 bits per heavy atom. The second kappa shape index (κ2) is 5.12. The molecule has 2 rings (SSSR count). The van der Waals surface area contributed by atoms with Gasteiger partial charge in [0.25, 0.3) is 0 Å². The second-order valence-electron chi connectivity index (χ2n) is 3.80. The van der Waals surface area contributed by atoms with E-state index < -0.39 is 0 Å². The number of aromatic nitrogens is 2. The number of hydrogen-bond acceptors (Lipinski definition) is 3. The fourth-order valence-electron chi connectivity index (χ4n) is 1.86. The zero-order valence-corrected chi connectivity index (χ0v) is 8.50. The summed E-state index contributed by atoms with van der Waals surface area (Å²) in [6.45, 7) is 5.90. The highest BCUT2D eigenvalue weighted by Gasteiger charge is 2.08. The van der Waals surface area contributed by atoms with E-state index in [4.69, 9.17) is 0 Å². The van der Waals surface area contributed by atoms with Gasteiger partial charge in [0.05, 0.1) is 6.20 Å². The smallest absolute Gasteiger partial charge is 0.0519 e. The lowest BCUT2D eigenvalue weighted by molar-refractivity contribution is 0.238. The number of nitrogens with one attached hydrogen (secondary N) is 2. The van der Waals surface area contributed by atoms with Crippen LogP contribution in [0.15, 0.2) is 12.4 Å². The molecule has 4 heteroatoms. The van der Waals surface area contributed by atoms with Crippen molar-refractivity contribution in [2.45, 2.75) is 12.8 Å². The molecule has 2 N–H and O–H groups in total. The van der Waals surface area contributed by atoms with Crippen molar-refractivity contribution >= 4 is 0 Å². The summed E-state index contributed by atoms with van der Waals surface area (Å²) in [5, 5.41) is 10.1. The third-order valence-corrected chi connectivity index (χ3v) is 2.70. The van der Waals surface area contributed by atoms with Gasteiger partial charge in [0.2, 0.25) is 0 Å². The van der Waals surface area contributed by atoms with Crippen LogP contribution in [-0.2, 0) is 6.42 Å². The maximum Gasteiger partial charge on any atom is 0.0519 e. The largest absolute Gasteiger partial charge is 0.314 e. The molecule has 78 valence electrons. The Labute approximate surface area is 84.7 Å². The molecule has 0 radical (unpaired) electrons. The van der Waals surface area contributed by atoms with Gasteiger partial charge in [0.1, 0.15) is 0 Å². The Bertz CT molecular complexity index is 239. The van der Waals surface area contributed by atoms with E-state index in [2.05, 4.69) is 20.4 Å². The lowest BCUT2D eigenvalue weighted by atomic mass is 10.2. The van der Waals surface area contributed by atoms with Gasteiger partial charge in [-0.1, -0.05) is 0 Å². The van der Waals surface area contributed by atoms with E-state index >= 15 is 0 Å². The summed E-state index contributed by atoms with van der Waals surface area (Å²) in [6.07, 6.45) is 6.27. The molecular weight excluding hydrogens is 176 g/mol. The van der Waals surface area contributed by atoms with Gasteiger partial charge in [-0.15, -0.1) is 0 Å². The van der Waals surface area contributed by atoms with Crippen LogP contribution in [-0.4, -0.2) is 47.8 Å². The summed E-state index contributed by atoms with van der Waals surface area (Å²) < 4.78 is 0. The summed E-state index contributed by atoms with van der Waals surface area (Å²) >= 11 is 0. The van der Waals surface area contributed by atoms with Crippen LogP contribution >= 0.6 is 0 Å². The van der Waals surface area contributed by atoms with Gasteiger partial charge in [0, 0.05) is 32.4 Å². The summed E-state index contributed by atoms with van der Waals surface area (Å²) in [5.74, 6) is 0. The average molecular weight is 194 g/mol. The average Bonchev–Trinajstić information content (AvgIpc) is 2.72. The lowest BCUT2D eigenvalue weighted by Gasteiger charge is -2.26. The quantitative estimate of drug-likeness (QED) is 0.722. The molecule has 0 unspecified atom stereocenters. The minimum atomic E-state index is 1.14. The molecule has 1 aromatic rings. The van der Waals surface area contributed by atoms with Crippen molar-refractivity contribution in [2.24, 2.45) is 0 Å². The number of aromatic amines is 1. The van der Waals surface area contributed by atoms with E-state index in [1.807, 2.05) is 12.4 Å². The molecule has 4 nitrogen and oxygen atoms in total. The molecule has 14 heavy (non-hydrogen) atoms. The molecule has 1 aromatic heterocycles. The standard InChI is InChI=1S/C10H18N4/c1(2-10-8-12-13-9-10)5-14-6-3-11-4-7-14/h8-9,11H,1-7H2,(H,12,13). The Morgan fingerprint density at radius 3 is 2.93 bits per heavy atom. The molecule has 0 aromatic carbocycles. The third-order valence-electron chi connectivity index (χ3n) is 2.70. The maximum absolute atomic E-state index is 3.94. The highest BCUT2D eigenvalue weighted by molar-refractivity contribution is 5.02. The molecule has 0 bridgehead atoms. The Balaban J connectivity index is 1.62. The molecule has 1 saturated heterocycles. The van der Waals surface area contributed by atoms with Crippen LogP contribution in [0.3, 0.4) is 0 Å². The highest BCUT2D eigenvalue weighted by atomic mass is 15.2. The first-order chi connectivity index (χ1) is 6.95. The fourth-order valence-corrected chi connectivity index (χ4v) is 1.86. The van der Waals surface area contributed by atoms with Gasteiger partial charge in [0.15, 0.2) is 0 Å². The van der Waals surface area contributed by atoms with Crippen LogP contribution in [0.2, 0.25) is 0 Å². The number of piperazine rings is 1. The molecule has 0 atom stereocenters. The van der Waals surface area contributed by atoms with Crippen LogP contribution in [0.5, 0.6) is 0 Å². The molecular formula is C10H18N4. The summed E-state index contributed by atoms with van der Waals surface area (Å²) in [7, 11) is 0. The van der Waals surface area contributed by atoms with E-state index in [1.165, 1.54) is 31.6 Å². The van der Waals surface area contributed by atoms with Crippen molar-refractivity contribution in [3.8, 4) is 0 Å². The molecule has 1 aliphatic heterocycles. The number of hydrogen-bond donors (Lipinski definition) is 2. The normalized spacial score (nSPS) is 18.6. The lowest BCUT2D eigenvalue weighted by Crippen LogP contribution is -2.43. The number of aryl methyl sites for hydroxylation is 1. The van der Waals surface area contributed by atoms with E-state index in [0.29, 0.717) is 0 Å². The first kappa shape index (κ1) is 9.68. The van der Waals surface area contributed by atoms with Gasteiger partial charge in [-0.2, -0.15) is 5.10 Å². The Morgan fingerprint density at radius 1 is 1.36 bits per heavy atom. The van der Waals surface area contributed by atoms with Crippen LogP contribution in [0.4, 0.5) is 0 Å². The molecule has 0 saturated carbocycles. The zero-order valence-electron chi connectivity index (χ0n) is 8.50. The predicted octanol–water partition coefficient (Wildman–Crippen LogP) is 0.247. The Kier molecular flexibility index (Phi) is 3.54. The molecule has 0 spiro atoms. The predicted molar refractivity (Wildman–Crippen MR) is 56.2 cm³/mol. The van der Waals surface area contributed by atoms with E-state index in [-0.39, 0.29) is 0 Å². The minimum Gasteiger partial charge on any atom is -0.314 e. The van der Waals surface area contributed by atoms with Gasteiger partial charge in [-0.25, -0.2) is 0 Å². The van der Waals surface area contributed by atoms with Crippen LogP contribution in [0.1, 0.15) is 12.0 Å². The number of H-pyrrole nitrogens is 1. The minimum absolute atomic E-state index is 1.14. The maximum atomic E-state index is 3.94. The van der Waals surface area contributed by atoms with Gasteiger partial charge >= 0.3 is 0 Å². The van der Waals surface area contributed by atoms with Crippen molar-refractivity contribution in [2.75, 3.05) is 32.7 Å². The van der Waals surface area contributed by atoms with Gasteiger partial charge < -0.3 is 10.2 Å². The first-order valence-corrected chi connectivity index (χ1v) is 5.36. The summed E-state index contributed by atoms with van der Waals surface area (Å²) in [5.41, 5.74) is 1.32. The first-order valence-electron chi connectivity index (χ1n) is 5.36. The third kappa shape index (κ3) is 2.82. The fraction of sp³-hybridized carbons (Fsp3) is 0.700. The molecule has 2 heterocycles. The molecule has 1 aliphatic rings. The second-order valence-corrected chi connectivity index (χ2v) is 3.80. The Hall–Kier alpha value is -0.870. The van der Waals surface area contributed by atoms with Crippen LogP contribution in [0, 0.1) is 0 Å².